The van der Waals surface area contributed by atoms with E-state index >= 15 is 0 Å². The van der Waals surface area contributed by atoms with Gasteiger partial charge in [0.1, 0.15) is 18.0 Å². The summed E-state index contributed by atoms with van der Waals surface area (Å²) in [6.07, 6.45) is -0.354. The first-order valence-corrected chi connectivity index (χ1v) is 6.48. The number of rotatable bonds is 4. The van der Waals surface area contributed by atoms with Crippen LogP contribution in [0.5, 0.6) is 5.75 Å². The molecule has 0 fully saturated rings. The van der Waals surface area contributed by atoms with Crippen molar-refractivity contribution in [3.63, 3.8) is 0 Å². The summed E-state index contributed by atoms with van der Waals surface area (Å²) in [5.74, 6) is 0.724. The van der Waals surface area contributed by atoms with E-state index in [-0.39, 0.29) is 6.09 Å². The molecule has 0 aromatic heterocycles. The van der Waals surface area contributed by atoms with Gasteiger partial charge < -0.3 is 14.4 Å². The molecule has 0 saturated heterocycles. The zero-order chi connectivity index (χ0) is 14.5. The molecule has 0 unspecified atom stereocenters. The number of hydrogen-bond acceptors (Lipinski definition) is 3. The molecule has 0 aliphatic rings. The van der Waals surface area contributed by atoms with E-state index in [4.69, 9.17) is 21.1 Å². The maximum Gasteiger partial charge on any atom is 0.410 e. The van der Waals surface area contributed by atoms with E-state index in [1.165, 1.54) is 4.90 Å². The van der Waals surface area contributed by atoms with Crippen molar-refractivity contribution in [2.45, 2.75) is 26.4 Å². The average Bonchev–Trinajstić information content (AvgIpc) is 2.29. The monoisotopic (exact) mass is 285 g/mol. The summed E-state index contributed by atoms with van der Waals surface area (Å²) in [7, 11) is 1.68. The van der Waals surface area contributed by atoms with Crippen molar-refractivity contribution < 1.29 is 14.3 Å². The lowest BCUT2D eigenvalue weighted by Gasteiger charge is -2.24. The van der Waals surface area contributed by atoms with Gasteiger partial charge in [-0.15, -0.1) is 0 Å². The van der Waals surface area contributed by atoms with Crippen LogP contribution in [0.25, 0.3) is 0 Å². The minimum atomic E-state index is -0.484. The van der Waals surface area contributed by atoms with E-state index in [0.29, 0.717) is 18.2 Å². The van der Waals surface area contributed by atoms with Gasteiger partial charge in [-0.3, -0.25) is 0 Å². The summed E-state index contributed by atoms with van der Waals surface area (Å²) < 4.78 is 10.7. The van der Waals surface area contributed by atoms with Crippen LogP contribution in [-0.4, -0.2) is 36.8 Å². The SMILES string of the molecule is CN(CCOc1ccc(Cl)cc1)C(=O)OC(C)(C)C. The van der Waals surface area contributed by atoms with Crippen LogP contribution in [0.1, 0.15) is 20.8 Å². The highest BCUT2D eigenvalue weighted by Gasteiger charge is 2.19. The summed E-state index contributed by atoms with van der Waals surface area (Å²) in [5, 5.41) is 0.665. The second kappa shape index (κ2) is 6.66. The molecule has 0 N–H and O–H groups in total. The van der Waals surface area contributed by atoms with Gasteiger partial charge in [-0.1, -0.05) is 11.6 Å². The number of carbonyl (C=O) groups is 1. The maximum absolute atomic E-state index is 11.7. The summed E-state index contributed by atoms with van der Waals surface area (Å²) in [5.41, 5.74) is -0.484. The van der Waals surface area contributed by atoms with Crippen molar-refractivity contribution in [3.8, 4) is 5.75 Å². The van der Waals surface area contributed by atoms with Gasteiger partial charge in [0, 0.05) is 12.1 Å². The number of ether oxygens (including phenoxy) is 2. The van der Waals surface area contributed by atoms with Crippen LogP contribution in [-0.2, 0) is 4.74 Å². The van der Waals surface area contributed by atoms with Gasteiger partial charge in [-0.05, 0) is 45.0 Å². The van der Waals surface area contributed by atoms with Gasteiger partial charge in [0.2, 0.25) is 0 Å². The lowest BCUT2D eigenvalue weighted by atomic mass is 10.2. The van der Waals surface area contributed by atoms with Crippen LogP contribution in [0.4, 0.5) is 4.79 Å². The first kappa shape index (κ1) is 15.6. The molecule has 5 heteroatoms. The van der Waals surface area contributed by atoms with Gasteiger partial charge >= 0.3 is 6.09 Å². The smallest absolute Gasteiger partial charge is 0.410 e. The average molecular weight is 286 g/mol. The highest BCUT2D eigenvalue weighted by Crippen LogP contribution is 2.15. The Balaban J connectivity index is 2.32. The van der Waals surface area contributed by atoms with Crippen LogP contribution in [0.15, 0.2) is 24.3 Å². The van der Waals surface area contributed by atoms with Gasteiger partial charge in [0.15, 0.2) is 0 Å². The standard InChI is InChI=1S/C14H20ClNO3/c1-14(2,3)19-13(17)16(4)9-10-18-12-7-5-11(15)6-8-12/h5-8H,9-10H2,1-4H3. The van der Waals surface area contributed by atoms with Crippen molar-refractivity contribution in [2.75, 3.05) is 20.2 Å². The minimum absolute atomic E-state index is 0.354. The highest BCUT2D eigenvalue weighted by atomic mass is 35.5. The molecular formula is C14H20ClNO3. The van der Waals surface area contributed by atoms with Crippen LogP contribution in [0.3, 0.4) is 0 Å². The minimum Gasteiger partial charge on any atom is -0.492 e. The Morgan fingerprint density at radius 2 is 1.84 bits per heavy atom. The summed E-state index contributed by atoms with van der Waals surface area (Å²) in [6, 6.07) is 7.09. The number of hydrogen-bond donors (Lipinski definition) is 0. The predicted molar refractivity (Wildman–Crippen MR) is 75.8 cm³/mol. The van der Waals surface area contributed by atoms with E-state index in [2.05, 4.69) is 0 Å². The molecule has 106 valence electrons. The quantitative estimate of drug-likeness (QED) is 0.849. The Morgan fingerprint density at radius 1 is 1.26 bits per heavy atom. The Hall–Kier alpha value is -1.42. The number of nitrogens with zero attached hydrogens (tertiary/aromatic N) is 1. The zero-order valence-electron chi connectivity index (χ0n) is 11.8. The molecule has 0 aliphatic carbocycles. The van der Waals surface area contributed by atoms with Gasteiger partial charge in [-0.2, -0.15) is 0 Å². The van der Waals surface area contributed by atoms with Crippen LogP contribution < -0.4 is 4.74 Å². The van der Waals surface area contributed by atoms with E-state index in [9.17, 15) is 4.79 Å². The number of halogens is 1. The third-order valence-electron chi connectivity index (χ3n) is 2.21. The van der Waals surface area contributed by atoms with E-state index in [1.54, 1.807) is 31.3 Å². The van der Waals surface area contributed by atoms with Gasteiger partial charge in [0.25, 0.3) is 0 Å². The van der Waals surface area contributed by atoms with Crippen LogP contribution in [0.2, 0.25) is 5.02 Å². The molecule has 4 nitrogen and oxygen atoms in total. The zero-order valence-corrected chi connectivity index (χ0v) is 12.5. The first-order chi connectivity index (χ1) is 8.78. The molecule has 0 spiro atoms. The normalized spacial score (nSPS) is 11.0. The van der Waals surface area contributed by atoms with Crippen molar-refractivity contribution in [3.05, 3.63) is 29.3 Å². The van der Waals surface area contributed by atoms with Gasteiger partial charge in [0.05, 0.1) is 6.54 Å². The first-order valence-electron chi connectivity index (χ1n) is 6.10. The van der Waals surface area contributed by atoms with E-state index < -0.39 is 5.60 Å². The number of benzene rings is 1. The Labute approximate surface area is 119 Å². The fraction of sp³-hybridized carbons (Fsp3) is 0.500. The summed E-state index contributed by atoms with van der Waals surface area (Å²) >= 11 is 5.77. The number of likely N-dealkylation sites (N-methyl/N-ethyl adjacent to an activating group) is 1. The fourth-order valence-corrected chi connectivity index (χ4v) is 1.39. The number of amides is 1. The molecule has 0 bridgehead atoms. The lowest BCUT2D eigenvalue weighted by molar-refractivity contribution is 0.0278. The molecule has 19 heavy (non-hydrogen) atoms. The van der Waals surface area contributed by atoms with Crippen LogP contribution in [0, 0.1) is 0 Å². The summed E-state index contributed by atoms with van der Waals surface area (Å²) in [6.45, 7) is 6.36. The van der Waals surface area contributed by atoms with Crippen LogP contribution >= 0.6 is 11.6 Å². The molecular weight excluding hydrogens is 266 g/mol. The molecule has 1 rings (SSSR count). The Kier molecular flexibility index (Phi) is 5.48. The van der Waals surface area contributed by atoms with Crippen molar-refractivity contribution in [1.82, 2.24) is 4.90 Å². The second-order valence-corrected chi connectivity index (χ2v) is 5.64. The molecule has 0 saturated carbocycles. The molecule has 0 heterocycles. The van der Waals surface area contributed by atoms with E-state index in [1.807, 2.05) is 20.8 Å². The van der Waals surface area contributed by atoms with Crippen molar-refractivity contribution >= 4 is 17.7 Å². The predicted octanol–water partition coefficient (Wildman–Crippen LogP) is 3.59. The lowest BCUT2D eigenvalue weighted by Crippen LogP contribution is -2.36. The third-order valence-corrected chi connectivity index (χ3v) is 2.47. The Morgan fingerprint density at radius 3 is 2.37 bits per heavy atom. The molecule has 0 atom stereocenters. The van der Waals surface area contributed by atoms with Gasteiger partial charge in [-0.25, -0.2) is 4.79 Å². The summed E-state index contributed by atoms with van der Waals surface area (Å²) in [4.78, 5) is 13.2. The van der Waals surface area contributed by atoms with E-state index in [0.717, 1.165) is 5.75 Å². The molecule has 1 amide bonds. The second-order valence-electron chi connectivity index (χ2n) is 5.20. The van der Waals surface area contributed by atoms with Crippen molar-refractivity contribution in [1.29, 1.82) is 0 Å². The fourth-order valence-electron chi connectivity index (χ4n) is 1.26. The molecule has 1 aromatic rings. The number of carbonyl (C=O) groups excluding carboxylic acids is 1. The third kappa shape index (κ3) is 6.34. The van der Waals surface area contributed by atoms with Crippen molar-refractivity contribution in [2.24, 2.45) is 0 Å². The maximum atomic E-state index is 11.7. The topological polar surface area (TPSA) is 38.8 Å². The Bertz CT molecular complexity index is 412. The largest absolute Gasteiger partial charge is 0.492 e. The molecule has 0 aliphatic heterocycles. The molecule has 0 radical (unpaired) electrons. The highest BCUT2D eigenvalue weighted by molar-refractivity contribution is 6.30. The molecule has 1 aromatic carbocycles.